The average Bonchev–Trinajstić information content (AvgIpc) is 3.19. The Kier molecular flexibility index (Phi) is 4.56. The molecule has 22 heavy (non-hydrogen) atoms. The number of hydrogen-bond donors (Lipinski definition) is 1. The highest BCUT2D eigenvalue weighted by Gasteiger charge is 2.26. The number of imidazole rings is 1. The van der Waals surface area contributed by atoms with Gasteiger partial charge in [0, 0.05) is 50.1 Å². The lowest BCUT2D eigenvalue weighted by molar-refractivity contribution is -0.132. The second-order valence-corrected chi connectivity index (χ2v) is 6.05. The average molecular weight is 301 g/mol. The van der Waals surface area contributed by atoms with Gasteiger partial charge in [0.1, 0.15) is 0 Å². The number of H-pyrrole nitrogens is 1. The summed E-state index contributed by atoms with van der Waals surface area (Å²) in [5, 5.41) is 7.21. The SMILES string of the molecule is Cc1cn[nH]c1[C@@H]1CCCN(C(=O)CCCn2ccnc2)C1. The molecule has 2 aromatic heterocycles. The Morgan fingerprint density at radius 1 is 1.50 bits per heavy atom. The number of nitrogens with zero attached hydrogens (tertiary/aromatic N) is 4. The van der Waals surface area contributed by atoms with E-state index in [0.717, 1.165) is 38.9 Å². The second kappa shape index (κ2) is 6.77. The van der Waals surface area contributed by atoms with E-state index in [4.69, 9.17) is 0 Å². The van der Waals surface area contributed by atoms with Crippen LogP contribution in [0, 0.1) is 6.92 Å². The highest BCUT2D eigenvalue weighted by Crippen LogP contribution is 2.27. The van der Waals surface area contributed by atoms with Gasteiger partial charge >= 0.3 is 0 Å². The first-order chi connectivity index (χ1) is 10.7. The molecule has 2 aromatic rings. The first kappa shape index (κ1) is 14.8. The molecule has 1 fully saturated rings. The Hall–Kier alpha value is -2.11. The van der Waals surface area contributed by atoms with Gasteiger partial charge in [-0.25, -0.2) is 4.98 Å². The molecule has 1 N–H and O–H groups in total. The number of aromatic amines is 1. The van der Waals surface area contributed by atoms with Gasteiger partial charge in [-0.05, 0) is 31.7 Å². The summed E-state index contributed by atoms with van der Waals surface area (Å²) in [4.78, 5) is 18.4. The number of likely N-dealkylation sites (tertiary alicyclic amines) is 1. The molecule has 0 saturated carbocycles. The van der Waals surface area contributed by atoms with Gasteiger partial charge in [0.15, 0.2) is 0 Å². The third-order valence-electron chi connectivity index (χ3n) is 4.42. The maximum Gasteiger partial charge on any atom is 0.222 e. The molecule has 6 heteroatoms. The molecule has 0 aliphatic carbocycles. The molecule has 1 saturated heterocycles. The van der Waals surface area contributed by atoms with Crippen molar-refractivity contribution in [3.05, 3.63) is 36.2 Å². The zero-order chi connectivity index (χ0) is 15.4. The Morgan fingerprint density at radius 3 is 3.14 bits per heavy atom. The second-order valence-electron chi connectivity index (χ2n) is 6.05. The van der Waals surface area contributed by atoms with Gasteiger partial charge in [-0.1, -0.05) is 0 Å². The fourth-order valence-corrected chi connectivity index (χ4v) is 3.20. The van der Waals surface area contributed by atoms with E-state index in [0.29, 0.717) is 12.3 Å². The van der Waals surface area contributed by atoms with Crippen molar-refractivity contribution in [2.75, 3.05) is 13.1 Å². The van der Waals surface area contributed by atoms with E-state index >= 15 is 0 Å². The predicted molar refractivity (Wildman–Crippen MR) is 83.3 cm³/mol. The van der Waals surface area contributed by atoms with Crippen LogP contribution in [0.1, 0.15) is 42.9 Å². The van der Waals surface area contributed by atoms with Crippen molar-refractivity contribution < 1.29 is 4.79 Å². The topological polar surface area (TPSA) is 66.8 Å². The van der Waals surface area contributed by atoms with Crippen molar-refractivity contribution in [2.24, 2.45) is 0 Å². The van der Waals surface area contributed by atoms with E-state index in [9.17, 15) is 4.79 Å². The summed E-state index contributed by atoms with van der Waals surface area (Å²) in [6.45, 7) is 4.62. The van der Waals surface area contributed by atoms with Crippen LogP contribution in [-0.4, -0.2) is 43.6 Å². The summed E-state index contributed by atoms with van der Waals surface area (Å²) in [7, 11) is 0. The largest absolute Gasteiger partial charge is 0.342 e. The molecule has 1 atom stereocenters. The Bertz CT molecular complexity index is 604. The van der Waals surface area contributed by atoms with Crippen LogP contribution in [0.5, 0.6) is 0 Å². The summed E-state index contributed by atoms with van der Waals surface area (Å²) in [5.74, 6) is 0.663. The number of amides is 1. The number of aryl methyl sites for hydroxylation is 2. The van der Waals surface area contributed by atoms with Crippen LogP contribution in [0.4, 0.5) is 0 Å². The molecule has 1 amide bonds. The highest BCUT2D eigenvalue weighted by atomic mass is 16.2. The Labute approximate surface area is 130 Å². The van der Waals surface area contributed by atoms with E-state index in [1.807, 2.05) is 21.9 Å². The van der Waals surface area contributed by atoms with Gasteiger partial charge in [0.2, 0.25) is 5.91 Å². The molecular weight excluding hydrogens is 278 g/mol. The minimum absolute atomic E-state index is 0.266. The van der Waals surface area contributed by atoms with E-state index in [1.165, 1.54) is 11.3 Å². The molecule has 118 valence electrons. The molecule has 0 radical (unpaired) electrons. The minimum Gasteiger partial charge on any atom is -0.342 e. The third kappa shape index (κ3) is 3.37. The molecule has 1 aliphatic heterocycles. The number of rotatable bonds is 5. The van der Waals surface area contributed by atoms with Crippen LogP contribution in [0.3, 0.4) is 0 Å². The summed E-state index contributed by atoms with van der Waals surface area (Å²) in [6, 6.07) is 0. The van der Waals surface area contributed by atoms with Gasteiger partial charge in [-0.2, -0.15) is 5.10 Å². The van der Waals surface area contributed by atoms with E-state index in [-0.39, 0.29) is 5.91 Å². The van der Waals surface area contributed by atoms with Crippen LogP contribution >= 0.6 is 0 Å². The zero-order valence-electron chi connectivity index (χ0n) is 13.0. The predicted octanol–water partition coefficient (Wildman–Crippen LogP) is 2.10. The highest BCUT2D eigenvalue weighted by molar-refractivity contribution is 5.76. The normalized spacial score (nSPS) is 18.6. The van der Waals surface area contributed by atoms with Crippen molar-refractivity contribution in [1.29, 1.82) is 0 Å². The maximum absolute atomic E-state index is 12.4. The van der Waals surface area contributed by atoms with Crippen molar-refractivity contribution in [3.8, 4) is 0 Å². The van der Waals surface area contributed by atoms with Crippen molar-refractivity contribution >= 4 is 5.91 Å². The summed E-state index contributed by atoms with van der Waals surface area (Å²) in [5.41, 5.74) is 2.38. The number of piperidine rings is 1. The quantitative estimate of drug-likeness (QED) is 0.919. The number of nitrogens with one attached hydrogen (secondary N) is 1. The summed E-state index contributed by atoms with van der Waals surface area (Å²) >= 11 is 0. The number of hydrogen-bond acceptors (Lipinski definition) is 3. The fraction of sp³-hybridized carbons (Fsp3) is 0.562. The van der Waals surface area contributed by atoms with Crippen LogP contribution in [0.15, 0.2) is 24.9 Å². The van der Waals surface area contributed by atoms with Crippen molar-refractivity contribution in [2.45, 2.75) is 45.1 Å². The fourth-order valence-electron chi connectivity index (χ4n) is 3.20. The van der Waals surface area contributed by atoms with E-state index in [2.05, 4.69) is 22.1 Å². The van der Waals surface area contributed by atoms with Gasteiger partial charge in [-0.3, -0.25) is 9.89 Å². The summed E-state index contributed by atoms with van der Waals surface area (Å²) in [6.07, 6.45) is 11.0. The molecular formula is C16H23N5O. The molecule has 0 spiro atoms. The molecule has 1 aliphatic rings. The zero-order valence-corrected chi connectivity index (χ0v) is 13.0. The molecule has 3 heterocycles. The van der Waals surface area contributed by atoms with Crippen LogP contribution < -0.4 is 0 Å². The summed E-state index contributed by atoms with van der Waals surface area (Å²) < 4.78 is 2.01. The van der Waals surface area contributed by atoms with Crippen LogP contribution in [0.25, 0.3) is 0 Å². The standard InChI is InChI=1S/C16H23N5O/c1-13-10-18-19-16(13)14-4-2-8-21(11-14)15(22)5-3-7-20-9-6-17-12-20/h6,9-10,12,14H,2-5,7-8,11H2,1H3,(H,18,19)/t14-/m1/s1. The van der Waals surface area contributed by atoms with Crippen LogP contribution in [0.2, 0.25) is 0 Å². The molecule has 6 nitrogen and oxygen atoms in total. The molecule has 0 bridgehead atoms. The number of aromatic nitrogens is 4. The lowest BCUT2D eigenvalue weighted by Gasteiger charge is -2.32. The third-order valence-corrected chi connectivity index (χ3v) is 4.42. The minimum atomic E-state index is 0.266. The van der Waals surface area contributed by atoms with Crippen molar-refractivity contribution in [3.63, 3.8) is 0 Å². The van der Waals surface area contributed by atoms with Gasteiger partial charge in [0.05, 0.1) is 12.5 Å². The van der Waals surface area contributed by atoms with Gasteiger partial charge in [-0.15, -0.1) is 0 Å². The molecule has 0 aromatic carbocycles. The van der Waals surface area contributed by atoms with E-state index in [1.54, 1.807) is 12.5 Å². The Morgan fingerprint density at radius 2 is 2.41 bits per heavy atom. The van der Waals surface area contributed by atoms with Crippen molar-refractivity contribution in [1.82, 2.24) is 24.6 Å². The van der Waals surface area contributed by atoms with Crippen LogP contribution in [-0.2, 0) is 11.3 Å². The number of carbonyl (C=O) groups is 1. The van der Waals surface area contributed by atoms with Gasteiger partial charge in [0.25, 0.3) is 0 Å². The smallest absolute Gasteiger partial charge is 0.222 e. The monoisotopic (exact) mass is 301 g/mol. The van der Waals surface area contributed by atoms with Gasteiger partial charge < -0.3 is 9.47 Å². The Balaban J connectivity index is 1.51. The first-order valence-electron chi connectivity index (χ1n) is 7.97. The molecule has 3 rings (SSSR count). The lowest BCUT2D eigenvalue weighted by Crippen LogP contribution is -2.39. The first-order valence-corrected chi connectivity index (χ1v) is 7.97. The number of carbonyl (C=O) groups excluding carboxylic acids is 1. The maximum atomic E-state index is 12.4. The molecule has 0 unspecified atom stereocenters. The lowest BCUT2D eigenvalue weighted by atomic mass is 9.92. The van der Waals surface area contributed by atoms with E-state index < -0.39 is 0 Å².